The molecule has 0 spiro atoms. The van der Waals surface area contributed by atoms with Gasteiger partial charge in [-0.05, 0) is 0 Å². The molecule has 3 rings (SSSR count). The lowest BCUT2D eigenvalue weighted by Gasteiger charge is -2.05. The van der Waals surface area contributed by atoms with Crippen molar-refractivity contribution in [3.63, 3.8) is 0 Å². The maximum absolute atomic E-state index is 12.2. The molecule has 116 valence electrons. The molecule has 3 aromatic rings. The highest BCUT2D eigenvalue weighted by Crippen LogP contribution is 2.25. The summed E-state index contributed by atoms with van der Waals surface area (Å²) in [6.07, 6.45) is -0.153. The zero-order valence-electron chi connectivity index (χ0n) is 10.9. The third kappa shape index (κ3) is 3.61. The van der Waals surface area contributed by atoms with E-state index in [2.05, 4.69) is 25.8 Å². The van der Waals surface area contributed by atoms with E-state index in [1.54, 1.807) is 6.07 Å². The van der Waals surface area contributed by atoms with Gasteiger partial charge in [0, 0.05) is 24.4 Å². The second kappa shape index (κ2) is 5.75. The Balaban J connectivity index is 1.59. The van der Waals surface area contributed by atoms with Crippen molar-refractivity contribution in [2.24, 2.45) is 0 Å². The van der Waals surface area contributed by atoms with Gasteiger partial charge in [-0.25, -0.2) is 0 Å². The van der Waals surface area contributed by atoms with E-state index in [0.717, 1.165) is 4.68 Å². The fourth-order valence-corrected chi connectivity index (χ4v) is 2.37. The van der Waals surface area contributed by atoms with Crippen molar-refractivity contribution in [1.29, 1.82) is 0 Å². The lowest BCUT2D eigenvalue weighted by molar-refractivity contribution is -0.142. The van der Waals surface area contributed by atoms with E-state index in [4.69, 9.17) is 4.52 Å². The topological polar surface area (TPSA) is 81.7 Å². The van der Waals surface area contributed by atoms with Gasteiger partial charge in [0.05, 0.1) is 6.20 Å². The summed E-state index contributed by atoms with van der Waals surface area (Å²) >= 11 is 1.26. The minimum absolute atomic E-state index is 0.297. The number of rotatable bonds is 5. The van der Waals surface area contributed by atoms with Crippen molar-refractivity contribution in [2.45, 2.75) is 19.3 Å². The molecule has 0 aliphatic rings. The van der Waals surface area contributed by atoms with Gasteiger partial charge in [-0.15, -0.1) is 10.2 Å². The molecule has 0 radical (unpaired) electrons. The average molecular weight is 330 g/mol. The van der Waals surface area contributed by atoms with Gasteiger partial charge in [0.2, 0.25) is 5.13 Å². The molecule has 0 aliphatic heterocycles. The smallest absolute Gasteiger partial charge is 0.364 e. The second-order valence-corrected chi connectivity index (χ2v) is 5.29. The van der Waals surface area contributed by atoms with Crippen LogP contribution in [0.3, 0.4) is 0 Å². The maximum atomic E-state index is 12.2. The summed E-state index contributed by atoms with van der Waals surface area (Å²) in [5.41, 5.74) is 1.19. The number of aromatic nitrogens is 5. The van der Waals surface area contributed by atoms with Crippen molar-refractivity contribution in [1.82, 2.24) is 25.1 Å². The van der Waals surface area contributed by atoms with Crippen LogP contribution in [0.15, 0.2) is 29.2 Å². The maximum Gasteiger partial charge on any atom is 0.408 e. The number of alkyl halides is 3. The molecular formula is C11H9F3N6OS. The van der Waals surface area contributed by atoms with Gasteiger partial charge >= 0.3 is 6.18 Å². The van der Waals surface area contributed by atoms with Gasteiger partial charge in [-0.3, -0.25) is 4.68 Å². The summed E-state index contributed by atoms with van der Waals surface area (Å²) in [6.45, 7) is -0.812. The highest BCUT2D eigenvalue weighted by molar-refractivity contribution is 7.18. The molecule has 0 unspecified atom stereocenters. The molecule has 3 heterocycles. The van der Waals surface area contributed by atoms with E-state index in [1.165, 1.54) is 30.0 Å². The molecule has 0 saturated carbocycles. The fraction of sp³-hybridized carbons (Fsp3) is 0.273. The Morgan fingerprint density at radius 1 is 1.32 bits per heavy atom. The number of hydrogen-bond donors (Lipinski definition) is 1. The van der Waals surface area contributed by atoms with Gasteiger partial charge in [-0.1, -0.05) is 16.5 Å². The molecule has 11 heteroatoms. The van der Waals surface area contributed by atoms with Crippen LogP contribution in [-0.4, -0.2) is 31.3 Å². The number of halogens is 3. The summed E-state index contributed by atoms with van der Waals surface area (Å²) in [7, 11) is 0. The quantitative estimate of drug-likeness (QED) is 0.774. The van der Waals surface area contributed by atoms with Crippen LogP contribution < -0.4 is 5.32 Å². The van der Waals surface area contributed by atoms with Crippen LogP contribution in [0.2, 0.25) is 0 Å². The number of nitrogens with zero attached hydrogens (tertiary/aromatic N) is 5. The van der Waals surface area contributed by atoms with Crippen LogP contribution in [0.25, 0.3) is 10.7 Å². The van der Waals surface area contributed by atoms with Crippen LogP contribution in [0.1, 0.15) is 5.56 Å². The van der Waals surface area contributed by atoms with Crippen LogP contribution in [0, 0.1) is 0 Å². The molecule has 0 amide bonds. The second-order valence-electron chi connectivity index (χ2n) is 4.31. The van der Waals surface area contributed by atoms with Crippen molar-refractivity contribution < 1.29 is 17.7 Å². The van der Waals surface area contributed by atoms with Crippen LogP contribution >= 0.6 is 11.3 Å². The minimum Gasteiger partial charge on any atom is -0.364 e. The van der Waals surface area contributed by atoms with E-state index < -0.39 is 12.7 Å². The van der Waals surface area contributed by atoms with Gasteiger partial charge < -0.3 is 9.84 Å². The van der Waals surface area contributed by atoms with Crippen LogP contribution in [0.5, 0.6) is 0 Å². The Morgan fingerprint density at radius 2 is 2.18 bits per heavy atom. The largest absolute Gasteiger partial charge is 0.408 e. The average Bonchev–Trinajstić information content (AvgIpc) is 3.16. The van der Waals surface area contributed by atoms with Crippen LogP contribution in [-0.2, 0) is 13.1 Å². The molecule has 0 atom stereocenters. The Bertz CT molecular complexity index is 735. The number of anilines is 1. The summed E-state index contributed by atoms with van der Waals surface area (Å²) in [4.78, 5) is 0. The van der Waals surface area contributed by atoms with Gasteiger partial charge in [0.1, 0.15) is 18.5 Å². The van der Waals surface area contributed by atoms with E-state index in [0.29, 0.717) is 27.9 Å². The molecule has 3 aromatic heterocycles. The summed E-state index contributed by atoms with van der Waals surface area (Å²) < 4.78 is 42.3. The van der Waals surface area contributed by atoms with Crippen molar-refractivity contribution in [2.75, 3.05) is 5.32 Å². The lowest BCUT2D eigenvalue weighted by atomic mass is 10.4. The highest BCUT2D eigenvalue weighted by atomic mass is 32.1. The molecule has 0 aromatic carbocycles. The Labute approximate surface area is 125 Å². The van der Waals surface area contributed by atoms with Gasteiger partial charge in [0.25, 0.3) is 0 Å². The van der Waals surface area contributed by atoms with E-state index in [1.807, 2.05) is 0 Å². The first-order valence-electron chi connectivity index (χ1n) is 6.06. The number of hydrogen-bond acceptors (Lipinski definition) is 7. The fourth-order valence-electron chi connectivity index (χ4n) is 1.67. The predicted molar refractivity (Wildman–Crippen MR) is 71.0 cm³/mol. The third-order valence-corrected chi connectivity index (χ3v) is 3.46. The molecule has 7 nitrogen and oxygen atoms in total. The standard InChI is InChI=1S/C11H9F3N6OS/c12-11(13,14)6-20-5-7(4-16-20)3-15-10-18-17-9(22-10)8-1-2-21-19-8/h1-2,4-5H,3,6H2,(H,15,18). The lowest BCUT2D eigenvalue weighted by Crippen LogP contribution is -2.17. The molecule has 0 fully saturated rings. The predicted octanol–water partition coefficient (Wildman–Crippen LogP) is 2.56. The normalized spacial score (nSPS) is 11.8. The SMILES string of the molecule is FC(F)(F)Cn1cc(CNc2nnc(-c3ccon3)s2)cn1. The van der Waals surface area contributed by atoms with Crippen LogP contribution in [0.4, 0.5) is 18.3 Å². The Kier molecular flexibility index (Phi) is 3.79. The Hall–Kier alpha value is -2.43. The molecule has 1 N–H and O–H groups in total. The Morgan fingerprint density at radius 3 is 2.91 bits per heavy atom. The first kappa shape index (κ1) is 14.5. The third-order valence-electron chi connectivity index (χ3n) is 2.55. The molecule has 0 saturated heterocycles. The minimum atomic E-state index is -4.29. The first-order chi connectivity index (χ1) is 10.5. The molecule has 0 aliphatic carbocycles. The van der Waals surface area contributed by atoms with Crippen molar-refractivity contribution in [3.05, 3.63) is 30.3 Å². The summed E-state index contributed by atoms with van der Waals surface area (Å²) in [5.74, 6) is 0. The summed E-state index contributed by atoms with van der Waals surface area (Å²) in [5, 5.41) is 19.4. The monoisotopic (exact) mass is 330 g/mol. The van der Waals surface area contributed by atoms with Gasteiger partial charge in [-0.2, -0.15) is 18.3 Å². The number of nitrogens with one attached hydrogen (secondary N) is 1. The summed E-state index contributed by atoms with van der Waals surface area (Å²) in [6, 6.07) is 1.66. The zero-order valence-corrected chi connectivity index (χ0v) is 11.7. The zero-order chi connectivity index (χ0) is 15.6. The first-order valence-corrected chi connectivity index (χ1v) is 6.87. The molecule has 0 bridgehead atoms. The molecular weight excluding hydrogens is 321 g/mol. The highest BCUT2D eigenvalue weighted by Gasteiger charge is 2.28. The van der Waals surface area contributed by atoms with E-state index >= 15 is 0 Å². The van der Waals surface area contributed by atoms with E-state index in [9.17, 15) is 13.2 Å². The van der Waals surface area contributed by atoms with Gasteiger partial charge in [0.15, 0.2) is 5.01 Å². The van der Waals surface area contributed by atoms with E-state index in [-0.39, 0.29) is 0 Å². The van der Waals surface area contributed by atoms with Crippen molar-refractivity contribution >= 4 is 16.5 Å². The molecule has 22 heavy (non-hydrogen) atoms. The van der Waals surface area contributed by atoms with Crippen molar-refractivity contribution in [3.8, 4) is 10.7 Å².